The van der Waals surface area contributed by atoms with E-state index >= 15 is 0 Å². The number of H-pyrrole nitrogens is 1. The molecule has 5 aromatic rings. The van der Waals surface area contributed by atoms with Crippen molar-refractivity contribution in [2.24, 2.45) is 0 Å². The molecule has 1 aliphatic rings. The highest BCUT2D eigenvalue weighted by Gasteiger charge is 2.33. The van der Waals surface area contributed by atoms with Gasteiger partial charge in [-0.05, 0) is 42.0 Å². The molecule has 1 fully saturated rings. The lowest BCUT2D eigenvalue weighted by Crippen LogP contribution is -2.40. The van der Waals surface area contributed by atoms with Gasteiger partial charge in [0.2, 0.25) is 10.0 Å². The monoisotopic (exact) mass is 534 g/mol. The van der Waals surface area contributed by atoms with Crippen molar-refractivity contribution in [3.05, 3.63) is 93.5 Å². The van der Waals surface area contributed by atoms with E-state index in [1.165, 1.54) is 4.31 Å². The normalized spacial score (nSPS) is 16.9. The van der Waals surface area contributed by atoms with Crippen molar-refractivity contribution in [1.29, 1.82) is 0 Å². The number of nitrogens with zero attached hydrogens (tertiary/aromatic N) is 5. The third kappa shape index (κ3) is 4.41. The van der Waals surface area contributed by atoms with E-state index in [0.29, 0.717) is 47.8 Å². The minimum atomic E-state index is -3.75. The fraction of sp³-hybridized carbons (Fsp3) is 0.231. The molecular weight excluding hydrogens is 512 g/mol. The predicted molar refractivity (Wildman–Crippen MR) is 141 cm³/mol. The number of piperidine rings is 1. The first-order valence-corrected chi connectivity index (χ1v) is 13.8. The van der Waals surface area contributed by atoms with Gasteiger partial charge < -0.3 is 4.98 Å². The third-order valence-electron chi connectivity index (χ3n) is 6.75. The van der Waals surface area contributed by atoms with Crippen molar-refractivity contribution >= 4 is 43.6 Å². The van der Waals surface area contributed by atoms with Gasteiger partial charge in [-0.15, -0.1) is 5.10 Å². The minimum absolute atomic E-state index is 0.141. The Hall–Kier alpha value is -3.60. The summed E-state index contributed by atoms with van der Waals surface area (Å²) in [5.41, 5.74) is 0.994. The van der Waals surface area contributed by atoms with E-state index in [-0.39, 0.29) is 22.9 Å². The second kappa shape index (κ2) is 9.37. The fourth-order valence-electron chi connectivity index (χ4n) is 4.93. The van der Waals surface area contributed by atoms with Crippen LogP contribution in [0.4, 0.5) is 0 Å². The van der Waals surface area contributed by atoms with Crippen LogP contribution < -0.4 is 5.56 Å². The highest BCUT2D eigenvalue weighted by atomic mass is 35.5. The Morgan fingerprint density at radius 3 is 2.73 bits per heavy atom. The largest absolute Gasteiger partial charge is 0.308 e. The topological polar surface area (TPSA) is 114 Å². The van der Waals surface area contributed by atoms with Gasteiger partial charge in [0, 0.05) is 29.4 Å². The van der Waals surface area contributed by atoms with Crippen molar-refractivity contribution in [2.75, 3.05) is 13.1 Å². The van der Waals surface area contributed by atoms with E-state index in [1.54, 1.807) is 22.9 Å². The Bertz CT molecular complexity index is 1790. The Labute approximate surface area is 217 Å². The highest BCUT2D eigenvalue weighted by Crippen LogP contribution is 2.31. The van der Waals surface area contributed by atoms with E-state index in [4.69, 9.17) is 16.6 Å². The molecule has 0 saturated carbocycles. The zero-order valence-electron chi connectivity index (χ0n) is 19.7. The van der Waals surface area contributed by atoms with Crippen LogP contribution in [-0.4, -0.2) is 50.8 Å². The summed E-state index contributed by atoms with van der Waals surface area (Å²) in [5.74, 6) is 0.162. The van der Waals surface area contributed by atoms with E-state index in [0.717, 1.165) is 10.9 Å². The van der Waals surface area contributed by atoms with Crippen LogP contribution >= 0.6 is 11.6 Å². The molecule has 188 valence electrons. The number of sulfonamides is 1. The lowest BCUT2D eigenvalue weighted by atomic mass is 9.99. The standard InChI is InChI=1S/C26H23ClN6O3S/c27-20-10-3-6-17(14-20)15-33-25-23(30-31-33)26(34)29-24(28-25)19-9-5-13-32(16-19)37(35,36)22-12-4-8-18-7-1-2-11-21(18)22/h1-4,6-8,10-12,14,19H,5,9,13,15-16H2,(H,28,29,34). The Kier molecular flexibility index (Phi) is 6.02. The van der Waals surface area contributed by atoms with Crippen LogP contribution in [0.15, 0.2) is 76.4 Å². The summed E-state index contributed by atoms with van der Waals surface area (Å²) in [6.45, 7) is 0.970. The smallest absolute Gasteiger partial charge is 0.281 e. The summed E-state index contributed by atoms with van der Waals surface area (Å²) in [6, 6.07) is 20.1. The third-order valence-corrected chi connectivity index (χ3v) is 8.91. The zero-order chi connectivity index (χ0) is 25.6. The van der Waals surface area contributed by atoms with Crippen molar-refractivity contribution < 1.29 is 8.42 Å². The molecule has 1 N–H and O–H groups in total. The molecule has 37 heavy (non-hydrogen) atoms. The average Bonchev–Trinajstić information content (AvgIpc) is 3.31. The first-order valence-electron chi connectivity index (χ1n) is 12.0. The molecule has 0 aliphatic carbocycles. The zero-order valence-corrected chi connectivity index (χ0v) is 21.3. The first kappa shape index (κ1) is 23.8. The van der Waals surface area contributed by atoms with Gasteiger partial charge in [0.05, 0.1) is 11.4 Å². The molecule has 1 unspecified atom stereocenters. The Morgan fingerprint density at radius 2 is 1.86 bits per heavy atom. The molecule has 3 aromatic carbocycles. The summed E-state index contributed by atoms with van der Waals surface area (Å²) in [6.07, 6.45) is 1.35. The van der Waals surface area contributed by atoms with Crippen LogP contribution in [0, 0.1) is 0 Å². The van der Waals surface area contributed by atoms with Crippen LogP contribution in [0.3, 0.4) is 0 Å². The van der Waals surface area contributed by atoms with E-state index in [9.17, 15) is 13.2 Å². The van der Waals surface area contributed by atoms with Crippen LogP contribution in [0.5, 0.6) is 0 Å². The molecule has 11 heteroatoms. The number of benzene rings is 3. The van der Waals surface area contributed by atoms with Crippen LogP contribution in [0.2, 0.25) is 5.02 Å². The number of fused-ring (bicyclic) bond motifs is 2. The summed E-state index contributed by atoms with van der Waals surface area (Å²) in [4.78, 5) is 20.7. The van der Waals surface area contributed by atoms with Gasteiger partial charge in [0.25, 0.3) is 5.56 Å². The molecule has 9 nitrogen and oxygen atoms in total. The van der Waals surface area contributed by atoms with Crippen LogP contribution in [0.1, 0.15) is 30.1 Å². The van der Waals surface area contributed by atoms with Crippen molar-refractivity contribution in [2.45, 2.75) is 30.2 Å². The van der Waals surface area contributed by atoms with Gasteiger partial charge in [-0.2, -0.15) is 4.31 Å². The van der Waals surface area contributed by atoms with Crippen molar-refractivity contribution in [1.82, 2.24) is 29.3 Å². The number of aromatic amines is 1. The lowest BCUT2D eigenvalue weighted by Gasteiger charge is -2.31. The number of rotatable bonds is 5. The SMILES string of the molecule is O=c1[nH]c(C2CCCN(S(=O)(=O)c3cccc4ccccc34)C2)nc2c1nnn2Cc1cccc(Cl)c1. The molecular formula is C26H23ClN6O3S. The van der Waals surface area contributed by atoms with E-state index in [2.05, 4.69) is 15.3 Å². The minimum Gasteiger partial charge on any atom is -0.308 e. The molecule has 1 saturated heterocycles. The lowest BCUT2D eigenvalue weighted by molar-refractivity contribution is 0.309. The molecule has 2 aromatic heterocycles. The predicted octanol–water partition coefficient (Wildman–Crippen LogP) is 3.94. The first-order chi connectivity index (χ1) is 17.9. The van der Waals surface area contributed by atoms with Crippen molar-refractivity contribution in [3.8, 4) is 0 Å². The number of aromatic nitrogens is 5. The second-order valence-electron chi connectivity index (χ2n) is 9.18. The summed E-state index contributed by atoms with van der Waals surface area (Å²) >= 11 is 6.11. The van der Waals surface area contributed by atoms with E-state index < -0.39 is 15.6 Å². The molecule has 0 radical (unpaired) electrons. The second-order valence-corrected chi connectivity index (χ2v) is 11.5. The Balaban J connectivity index is 1.33. The van der Waals surface area contributed by atoms with Crippen LogP contribution in [0.25, 0.3) is 21.9 Å². The van der Waals surface area contributed by atoms with Crippen LogP contribution in [-0.2, 0) is 16.6 Å². The van der Waals surface area contributed by atoms with Gasteiger partial charge in [-0.1, -0.05) is 65.3 Å². The molecule has 0 bridgehead atoms. The maximum Gasteiger partial charge on any atom is 0.281 e. The number of nitrogens with one attached hydrogen (secondary N) is 1. The van der Waals surface area contributed by atoms with Gasteiger partial charge in [-0.25, -0.2) is 18.1 Å². The maximum absolute atomic E-state index is 13.7. The van der Waals surface area contributed by atoms with Gasteiger partial charge in [0.15, 0.2) is 11.2 Å². The maximum atomic E-state index is 13.7. The number of hydrogen-bond acceptors (Lipinski definition) is 6. The molecule has 3 heterocycles. The van der Waals surface area contributed by atoms with E-state index in [1.807, 2.05) is 48.5 Å². The summed E-state index contributed by atoms with van der Waals surface area (Å²) in [7, 11) is -3.75. The highest BCUT2D eigenvalue weighted by molar-refractivity contribution is 7.89. The van der Waals surface area contributed by atoms with Gasteiger partial charge in [0.1, 0.15) is 5.82 Å². The fourth-order valence-corrected chi connectivity index (χ4v) is 6.89. The molecule has 0 spiro atoms. The van der Waals surface area contributed by atoms with Gasteiger partial charge >= 0.3 is 0 Å². The number of halogens is 1. The molecule has 1 aliphatic heterocycles. The molecule has 0 amide bonds. The van der Waals surface area contributed by atoms with Gasteiger partial charge in [-0.3, -0.25) is 4.79 Å². The van der Waals surface area contributed by atoms with Crippen molar-refractivity contribution in [3.63, 3.8) is 0 Å². The quantitative estimate of drug-likeness (QED) is 0.365. The summed E-state index contributed by atoms with van der Waals surface area (Å²) in [5, 5.41) is 10.3. The summed E-state index contributed by atoms with van der Waals surface area (Å²) < 4.78 is 30.5. The molecule has 1 atom stereocenters. The molecule has 6 rings (SSSR count). The number of hydrogen-bond donors (Lipinski definition) is 1. The Morgan fingerprint density at radius 1 is 1.05 bits per heavy atom. The average molecular weight is 535 g/mol.